The fourth-order valence-electron chi connectivity index (χ4n) is 1.12. The maximum Gasteiger partial charge on any atom is 0.524 e. The molecule has 0 atom stereocenters. The normalized spacial score (nSPS) is 11.4. The van der Waals surface area contributed by atoms with E-state index in [2.05, 4.69) is 4.98 Å². The summed E-state index contributed by atoms with van der Waals surface area (Å²) in [6.45, 7) is 9.96. The molecule has 0 N–H and O–H groups in total. The van der Waals surface area contributed by atoms with E-state index in [4.69, 9.17) is 9.31 Å². The van der Waals surface area contributed by atoms with Crippen LogP contribution in [0.3, 0.4) is 0 Å². The predicted molar refractivity (Wildman–Crippen MR) is 64.7 cm³/mol. The number of nitrogens with zero attached hydrogens (tertiary/aromatic N) is 1. The van der Waals surface area contributed by atoms with Crippen molar-refractivity contribution in [2.45, 2.75) is 46.8 Å². The van der Waals surface area contributed by atoms with Gasteiger partial charge in [-0.05, 0) is 34.6 Å². The summed E-state index contributed by atoms with van der Waals surface area (Å²) in [5, 5.41) is 2.01. The van der Waals surface area contributed by atoms with Crippen LogP contribution in [-0.2, 0) is 9.31 Å². The third kappa shape index (κ3) is 4.32. The lowest BCUT2D eigenvalue weighted by Crippen LogP contribution is -2.40. The van der Waals surface area contributed by atoms with Gasteiger partial charge >= 0.3 is 7.12 Å². The minimum atomic E-state index is -0.330. The van der Waals surface area contributed by atoms with Gasteiger partial charge in [0.2, 0.25) is 0 Å². The number of hydrogen-bond acceptors (Lipinski definition) is 4. The Labute approximate surface area is 96.0 Å². The van der Waals surface area contributed by atoms with Crippen molar-refractivity contribution in [1.29, 1.82) is 0 Å². The third-order valence-corrected chi connectivity index (χ3v) is 2.61. The van der Waals surface area contributed by atoms with Crippen LogP contribution < -0.4 is 4.91 Å². The topological polar surface area (TPSA) is 31.4 Å². The largest absolute Gasteiger partial charge is 0.524 e. The van der Waals surface area contributed by atoms with E-state index >= 15 is 0 Å². The average Bonchev–Trinajstić information content (AvgIpc) is 2.48. The molecule has 84 valence electrons. The Kier molecular flexibility index (Phi) is 4.76. The molecular weight excluding hydrogens is 209 g/mol. The summed E-state index contributed by atoms with van der Waals surface area (Å²) in [4.78, 5) is 5.28. The molecule has 5 heteroatoms. The van der Waals surface area contributed by atoms with E-state index in [1.807, 2.05) is 40.0 Å². The van der Waals surface area contributed by atoms with Crippen LogP contribution in [0.15, 0.2) is 5.38 Å². The van der Waals surface area contributed by atoms with Crippen molar-refractivity contribution < 1.29 is 9.31 Å². The van der Waals surface area contributed by atoms with E-state index in [0.717, 1.165) is 10.6 Å². The molecule has 0 aromatic carbocycles. The van der Waals surface area contributed by atoms with Gasteiger partial charge in [0.15, 0.2) is 0 Å². The van der Waals surface area contributed by atoms with Gasteiger partial charge in [-0.3, -0.25) is 4.98 Å². The highest BCUT2D eigenvalue weighted by Crippen LogP contribution is 2.05. The Morgan fingerprint density at radius 1 is 1.20 bits per heavy atom. The monoisotopic (exact) mass is 227 g/mol. The number of aromatic nitrogens is 1. The fraction of sp³-hybridized carbons (Fsp3) is 0.700. The SMILES string of the molecule is Cc1csc(B(OC(C)C)OC(C)C)n1. The lowest BCUT2D eigenvalue weighted by Gasteiger charge is -2.17. The van der Waals surface area contributed by atoms with Gasteiger partial charge < -0.3 is 9.31 Å². The summed E-state index contributed by atoms with van der Waals surface area (Å²) in [5.41, 5.74) is 1.01. The molecule has 0 aliphatic heterocycles. The van der Waals surface area contributed by atoms with Gasteiger partial charge in [-0.1, -0.05) is 0 Å². The lowest BCUT2D eigenvalue weighted by atomic mass is 9.90. The van der Waals surface area contributed by atoms with Crippen molar-refractivity contribution in [3.63, 3.8) is 0 Å². The highest BCUT2D eigenvalue weighted by atomic mass is 32.1. The van der Waals surface area contributed by atoms with E-state index in [-0.39, 0.29) is 19.3 Å². The molecule has 0 saturated carbocycles. The number of rotatable bonds is 5. The van der Waals surface area contributed by atoms with Gasteiger partial charge in [0.25, 0.3) is 0 Å². The van der Waals surface area contributed by atoms with Crippen LogP contribution in [-0.4, -0.2) is 24.3 Å². The first-order valence-corrected chi connectivity index (χ1v) is 6.10. The molecule has 0 saturated heterocycles. The second-order valence-corrected chi connectivity index (χ2v) is 4.92. The molecule has 0 aliphatic carbocycles. The van der Waals surface area contributed by atoms with Crippen LogP contribution in [0.2, 0.25) is 0 Å². The van der Waals surface area contributed by atoms with Crippen molar-refractivity contribution in [1.82, 2.24) is 4.98 Å². The maximum absolute atomic E-state index is 5.69. The minimum absolute atomic E-state index is 0.137. The molecule has 0 spiro atoms. The fourth-order valence-corrected chi connectivity index (χ4v) is 1.89. The summed E-state index contributed by atoms with van der Waals surface area (Å²) in [5.74, 6) is 0. The summed E-state index contributed by atoms with van der Waals surface area (Å²) >= 11 is 1.58. The standard InChI is InChI=1S/C10H18BNO2S/c1-7(2)13-11(14-8(3)4)10-12-9(5)6-15-10/h6-8H,1-5H3. The Balaban J connectivity index is 2.71. The Morgan fingerprint density at radius 2 is 1.73 bits per heavy atom. The summed E-state index contributed by atoms with van der Waals surface area (Å²) in [6, 6.07) is 0. The van der Waals surface area contributed by atoms with Gasteiger partial charge in [-0.25, -0.2) is 0 Å². The van der Waals surface area contributed by atoms with Crippen LogP contribution in [0, 0.1) is 6.92 Å². The zero-order chi connectivity index (χ0) is 11.4. The zero-order valence-electron chi connectivity index (χ0n) is 9.98. The highest BCUT2D eigenvalue weighted by molar-refractivity contribution is 7.20. The molecule has 1 rings (SSSR count). The van der Waals surface area contributed by atoms with Crippen LogP contribution in [0.5, 0.6) is 0 Å². The van der Waals surface area contributed by atoms with Crippen LogP contribution in [0.4, 0.5) is 0 Å². The van der Waals surface area contributed by atoms with Gasteiger partial charge in [-0.15, -0.1) is 11.3 Å². The smallest absolute Gasteiger partial charge is 0.404 e. The first-order chi connectivity index (χ1) is 6.99. The Morgan fingerprint density at radius 3 is 2.07 bits per heavy atom. The summed E-state index contributed by atoms with van der Waals surface area (Å²) in [7, 11) is -0.330. The summed E-state index contributed by atoms with van der Waals surface area (Å²) < 4.78 is 11.4. The average molecular weight is 227 g/mol. The van der Waals surface area contributed by atoms with Gasteiger partial charge in [-0.2, -0.15) is 0 Å². The first-order valence-electron chi connectivity index (χ1n) is 5.22. The van der Waals surface area contributed by atoms with E-state index in [0.29, 0.717) is 0 Å². The lowest BCUT2D eigenvalue weighted by molar-refractivity contribution is 0.139. The quantitative estimate of drug-likeness (QED) is 0.721. The van der Waals surface area contributed by atoms with Crippen LogP contribution in [0.25, 0.3) is 0 Å². The van der Waals surface area contributed by atoms with Crippen molar-refractivity contribution >= 4 is 23.4 Å². The van der Waals surface area contributed by atoms with Crippen molar-refractivity contribution in [2.24, 2.45) is 0 Å². The molecule has 0 radical (unpaired) electrons. The first kappa shape index (κ1) is 12.7. The third-order valence-electron chi connectivity index (χ3n) is 1.63. The molecule has 1 aromatic heterocycles. The van der Waals surface area contributed by atoms with Crippen molar-refractivity contribution in [3.8, 4) is 0 Å². The molecule has 0 amide bonds. The number of thiazole rings is 1. The molecule has 1 aromatic rings. The van der Waals surface area contributed by atoms with Gasteiger partial charge in [0.1, 0.15) is 4.91 Å². The second kappa shape index (κ2) is 5.63. The van der Waals surface area contributed by atoms with E-state index in [1.165, 1.54) is 0 Å². The second-order valence-electron chi connectivity index (χ2n) is 4.03. The Hall–Kier alpha value is -0.385. The Bertz CT molecular complexity index is 291. The van der Waals surface area contributed by atoms with Crippen molar-refractivity contribution in [2.75, 3.05) is 0 Å². The van der Waals surface area contributed by atoms with Crippen molar-refractivity contribution in [3.05, 3.63) is 11.1 Å². The molecule has 1 heterocycles. The molecular formula is C10H18BNO2S. The number of hydrogen-bond donors (Lipinski definition) is 0. The zero-order valence-corrected chi connectivity index (χ0v) is 10.8. The maximum atomic E-state index is 5.69. The van der Waals surface area contributed by atoms with E-state index in [9.17, 15) is 0 Å². The molecule has 15 heavy (non-hydrogen) atoms. The van der Waals surface area contributed by atoms with Gasteiger partial charge in [0, 0.05) is 23.3 Å². The van der Waals surface area contributed by atoms with Crippen LogP contribution in [0.1, 0.15) is 33.4 Å². The molecule has 0 bridgehead atoms. The molecule has 0 aliphatic rings. The minimum Gasteiger partial charge on any atom is -0.404 e. The number of aryl methyl sites for hydroxylation is 1. The van der Waals surface area contributed by atoms with Crippen LogP contribution >= 0.6 is 11.3 Å². The summed E-state index contributed by atoms with van der Waals surface area (Å²) in [6.07, 6.45) is 0.274. The van der Waals surface area contributed by atoms with E-state index < -0.39 is 0 Å². The predicted octanol–water partition coefficient (Wildman–Crippen LogP) is 2.00. The van der Waals surface area contributed by atoms with E-state index in [1.54, 1.807) is 11.3 Å². The highest BCUT2D eigenvalue weighted by Gasteiger charge is 2.27. The molecule has 3 nitrogen and oxygen atoms in total. The molecule has 0 fully saturated rings. The van der Waals surface area contributed by atoms with Gasteiger partial charge in [0.05, 0.1) is 0 Å². The molecule has 0 unspecified atom stereocenters.